The molecule has 0 aliphatic carbocycles. The molecule has 0 radical (unpaired) electrons. The van der Waals surface area contributed by atoms with Gasteiger partial charge in [-0.05, 0) is 49.8 Å². The van der Waals surface area contributed by atoms with Crippen LogP contribution in [0.2, 0.25) is 0 Å². The summed E-state index contributed by atoms with van der Waals surface area (Å²) in [5, 5.41) is 3.25. The molecule has 0 amide bonds. The maximum atomic E-state index is 12.1. The van der Waals surface area contributed by atoms with Gasteiger partial charge in [-0.2, -0.15) is 0 Å². The van der Waals surface area contributed by atoms with Gasteiger partial charge in [-0.1, -0.05) is 0 Å². The van der Waals surface area contributed by atoms with Crippen LogP contribution in [0.3, 0.4) is 0 Å². The minimum absolute atomic E-state index is 0.0566. The number of hydrogen-bond donors (Lipinski definition) is 1. The van der Waals surface area contributed by atoms with Crippen LogP contribution >= 0.6 is 12.2 Å². The fraction of sp³-hybridized carbons (Fsp3) is 0.500. The normalized spacial score (nSPS) is 19.8. The van der Waals surface area contributed by atoms with Crippen molar-refractivity contribution in [2.75, 3.05) is 23.4 Å². The van der Waals surface area contributed by atoms with Gasteiger partial charge in [0.25, 0.3) is 0 Å². The molecule has 0 spiro atoms. The molecule has 5 nitrogen and oxygen atoms in total. The third-order valence-corrected chi connectivity index (χ3v) is 5.68. The lowest BCUT2D eigenvalue weighted by molar-refractivity contribution is -0.274. The number of benzene rings is 1. The van der Waals surface area contributed by atoms with E-state index < -0.39 is 16.2 Å². The number of nitrogens with one attached hydrogen (secondary N) is 1. The van der Waals surface area contributed by atoms with Gasteiger partial charge in [-0.15, -0.1) is 13.2 Å². The van der Waals surface area contributed by atoms with E-state index in [0.29, 0.717) is 23.8 Å². The molecular formula is C14H17F3N2O3S2. The molecule has 1 atom stereocenters. The number of sulfone groups is 1. The van der Waals surface area contributed by atoms with E-state index in [-0.39, 0.29) is 23.3 Å². The average molecular weight is 382 g/mol. The van der Waals surface area contributed by atoms with E-state index in [4.69, 9.17) is 12.2 Å². The number of alkyl halides is 3. The predicted molar refractivity (Wildman–Crippen MR) is 88.8 cm³/mol. The molecule has 134 valence electrons. The van der Waals surface area contributed by atoms with Gasteiger partial charge in [-0.3, -0.25) is 0 Å². The molecule has 1 aliphatic rings. The minimum Gasteiger partial charge on any atom is -0.406 e. The molecule has 10 heteroatoms. The molecule has 0 bridgehead atoms. The molecule has 0 aromatic heterocycles. The van der Waals surface area contributed by atoms with Gasteiger partial charge in [0.2, 0.25) is 0 Å². The number of nitrogens with zero attached hydrogens (tertiary/aromatic N) is 1. The Morgan fingerprint density at radius 3 is 2.46 bits per heavy atom. The van der Waals surface area contributed by atoms with E-state index in [1.54, 1.807) is 4.90 Å². The zero-order chi connectivity index (χ0) is 18.0. The Bertz CT molecular complexity index is 690. The first kappa shape index (κ1) is 18.8. The summed E-state index contributed by atoms with van der Waals surface area (Å²) in [4.78, 5) is 1.78. The van der Waals surface area contributed by atoms with Crippen molar-refractivity contribution in [3.63, 3.8) is 0 Å². The zero-order valence-corrected chi connectivity index (χ0v) is 14.5. The summed E-state index contributed by atoms with van der Waals surface area (Å²) in [5.41, 5.74) is 0.494. The first-order chi connectivity index (χ1) is 11.1. The molecule has 1 aliphatic heterocycles. The Morgan fingerprint density at radius 1 is 1.38 bits per heavy atom. The molecule has 2 rings (SSSR count). The topological polar surface area (TPSA) is 58.6 Å². The number of rotatable bonds is 4. The second-order valence-corrected chi connectivity index (χ2v) is 7.96. The van der Waals surface area contributed by atoms with Gasteiger partial charge >= 0.3 is 6.36 Å². The van der Waals surface area contributed by atoms with Crippen molar-refractivity contribution in [3.05, 3.63) is 24.3 Å². The van der Waals surface area contributed by atoms with Crippen molar-refractivity contribution in [1.29, 1.82) is 0 Å². The average Bonchev–Trinajstić information content (AvgIpc) is 2.80. The van der Waals surface area contributed by atoms with E-state index in [1.807, 2.05) is 6.92 Å². The highest BCUT2D eigenvalue weighted by Crippen LogP contribution is 2.24. The van der Waals surface area contributed by atoms with Crippen molar-refractivity contribution in [1.82, 2.24) is 4.90 Å². The lowest BCUT2D eigenvalue weighted by Gasteiger charge is -2.29. The summed E-state index contributed by atoms with van der Waals surface area (Å²) in [5.74, 6) is -0.130. The van der Waals surface area contributed by atoms with Gasteiger partial charge in [0, 0.05) is 18.3 Å². The van der Waals surface area contributed by atoms with Crippen LogP contribution in [0.15, 0.2) is 24.3 Å². The van der Waals surface area contributed by atoms with Gasteiger partial charge in [0.05, 0.1) is 11.5 Å². The quantitative estimate of drug-likeness (QED) is 0.809. The Labute approximate surface area is 143 Å². The molecule has 24 heavy (non-hydrogen) atoms. The van der Waals surface area contributed by atoms with E-state index in [0.717, 1.165) is 0 Å². The molecular weight excluding hydrogens is 365 g/mol. The number of hydrogen-bond acceptors (Lipinski definition) is 4. The maximum Gasteiger partial charge on any atom is 0.573 e. The van der Waals surface area contributed by atoms with Gasteiger partial charge in [0.1, 0.15) is 5.75 Å². The third-order valence-electron chi connectivity index (χ3n) is 3.59. The van der Waals surface area contributed by atoms with Crippen LogP contribution in [0.1, 0.15) is 13.3 Å². The SMILES string of the molecule is CCN(C(=S)Nc1ccc(OC(F)(F)F)cc1)[C@@H]1CCS(=O)(=O)C1. The number of thiocarbonyl (C=S) groups is 1. The van der Waals surface area contributed by atoms with Crippen LogP contribution < -0.4 is 10.1 Å². The van der Waals surface area contributed by atoms with Crippen molar-refractivity contribution in [2.45, 2.75) is 25.7 Å². The minimum atomic E-state index is -4.74. The van der Waals surface area contributed by atoms with Crippen molar-refractivity contribution >= 4 is 32.9 Å². The summed E-state index contributed by atoms with van der Waals surface area (Å²) in [6.45, 7) is 2.39. The fourth-order valence-corrected chi connectivity index (χ4v) is 4.65. The molecule has 1 saturated heterocycles. The smallest absolute Gasteiger partial charge is 0.406 e. The van der Waals surface area contributed by atoms with Crippen molar-refractivity contribution in [3.8, 4) is 5.75 Å². The first-order valence-corrected chi connectivity index (χ1v) is 9.46. The van der Waals surface area contributed by atoms with Gasteiger partial charge in [-0.25, -0.2) is 8.42 Å². The highest BCUT2D eigenvalue weighted by atomic mass is 32.2. The lowest BCUT2D eigenvalue weighted by atomic mass is 10.2. The number of ether oxygens (including phenoxy) is 1. The summed E-state index contributed by atoms with van der Waals surface area (Å²) < 4.78 is 63.4. The molecule has 1 heterocycles. The second-order valence-electron chi connectivity index (χ2n) is 5.35. The monoisotopic (exact) mass is 382 g/mol. The van der Waals surface area contributed by atoms with Crippen LogP contribution in [0, 0.1) is 0 Å². The van der Waals surface area contributed by atoms with E-state index in [1.165, 1.54) is 24.3 Å². The van der Waals surface area contributed by atoms with Crippen LogP contribution in [0.5, 0.6) is 5.75 Å². The van der Waals surface area contributed by atoms with Crippen LogP contribution in [-0.2, 0) is 9.84 Å². The van der Waals surface area contributed by atoms with Crippen LogP contribution in [0.4, 0.5) is 18.9 Å². The van der Waals surface area contributed by atoms with Gasteiger partial charge < -0.3 is 15.0 Å². The lowest BCUT2D eigenvalue weighted by Crippen LogP contribution is -2.43. The molecule has 0 saturated carbocycles. The fourth-order valence-electron chi connectivity index (χ4n) is 2.52. The Hall–Kier alpha value is -1.55. The Kier molecular flexibility index (Phi) is 5.59. The molecule has 1 N–H and O–H groups in total. The summed E-state index contributed by atoms with van der Waals surface area (Å²) >= 11 is 5.30. The molecule has 0 unspecified atom stereocenters. The van der Waals surface area contributed by atoms with Gasteiger partial charge in [0.15, 0.2) is 14.9 Å². The largest absolute Gasteiger partial charge is 0.573 e. The zero-order valence-electron chi connectivity index (χ0n) is 12.8. The molecule has 1 fully saturated rings. The highest BCUT2D eigenvalue weighted by Gasteiger charge is 2.33. The second kappa shape index (κ2) is 7.14. The maximum absolute atomic E-state index is 12.1. The number of anilines is 1. The van der Waals surface area contributed by atoms with Crippen molar-refractivity contribution < 1.29 is 26.3 Å². The Balaban J connectivity index is 2.00. The Morgan fingerprint density at radius 2 is 2.00 bits per heavy atom. The first-order valence-electron chi connectivity index (χ1n) is 7.23. The van der Waals surface area contributed by atoms with E-state index in [2.05, 4.69) is 10.1 Å². The van der Waals surface area contributed by atoms with E-state index in [9.17, 15) is 21.6 Å². The summed E-state index contributed by atoms with van der Waals surface area (Å²) in [6, 6.07) is 4.98. The summed E-state index contributed by atoms with van der Waals surface area (Å²) in [7, 11) is -3.03. The van der Waals surface area contributed by atoms with Crippen LogP contribution in [-0.4, -0.2) is 48.9 Å². The van der Waals surface area contributed by atoms with Crippen molar-refractivity contribution in [2.24, 2.45) is 0 Å². The molecule has 1 aromatic rings. The van der Waals surface area contributed by atoms with E-state index >= 15 is 0 Å². The third kappa shape index (κ3) is 5.23. The predicted octanol–water partition coefficient (Wildman–Crippen LogP) is 2.79. The number of halogens is 3. The molecule has 1 aromatic carbocycles. The highest BCUT2D eigenvalue weighted by molar-refractivity contribution is 7.91. The standard InChI is InChI=1S/C14H17F3N2O3S2/c1-2-19(11-7-8-24(20,21)9-11)13(23)18-10-3-5-12(6-4-10)22-14(15,16)17/h3-6,11H,2,7-9H2,1H3,(H,18,23)/t11-/m1/s1. The summed E-state index contributed by atoms with van der Waals surface area (Å²) in [6.07, 6.45) is -4.23. The van der Waals surface area contributed by atoms with Crippen LogP contribution in [0.25, 0.3) is 0 Å².